The van der Waals surface area contributed by atoms with Crippen LogP contribution in [-0.2, 0) is 4.79 Å². The fourth-order valence-corrected chi connectivity index (χ4v) is 3.26. The number of nitrogens with one attached hydrogen (secondary N) is 1. The number of thioether (sulfide) groups is 2. The zero-order chi connectivity index (χ0) is 15.8. The van der Waals surface area contributed by atoms with Crippen molar-refractivity contribution >= 4 is 41.0 Å². The average Bonchev–Trinajstić information content (AvgIpc) is 2.55. The van der Waals surface area contributed by atoms with Gasteiger partial charge in [0.25, 0.3) is 0 Å². The number of carbonyl (C=O) groups is 1. The number of halogens is 1. The van der Waals surface area contributed by atoms with Crippen molar-refractivity contribution in [2.24, 2.45) is 0 Å². The molecule has 2 rings (SSSR count). The van der Waals surface area contributed by atoms with E-state index in [2.05, 4.69) is 11.4 Å². The molecule has 0 spiro atoms. The first kappa shape index (κ1) is 16.8. The van der Waals surface area contributed by atoms with Crippen LogP contribution in [0.4, 0.5) is 0 Å². The van der Waals surface area contributed by atoms with E-state index in [0.717, 1.165) is 9.79 Å². The Morgan fingerprint density at radius 3 is 2.45 bits per heavy atom. The van der Waals surface area contributed by atoms with E-state index in [1.165, 1.54) is 23.5 Å². The molecule has 1 N–H and O–H groups in total. The molecule has 112 valence electrons. The molecule has 1 amide bonds. The minimum Gasteiger partial charge on any atom is -0.331 e. The molecular weight excluding hydrogens is 336 g/mol. The minimum atomic E-state index is -0.620. The molecule has 1 unspecified atom stereocenters. The van der Waals surface area contributed by atoms with E-state index in [4.69, 9.17) is 16.9 Å². The van der Waals surface area contributed by atoms with E-state index in [0.29, 0.717) is 5.02 Å². The van der Waals surface area contributed by atoms with Gasteiger partial charge in [0.15, 0.2) is 5.37 Å². The van der Waals surface area contributed by atoms with Crippen molar-refractivity contribution in [2.75, 3.05) is 5.75 Å². The monoisotopic (exact) mass is 348 g/mol. The molecule has 1 atom stereocenters. The highest BCUT2D eigenvalue weighted by Gasteiger charge is 2.13. The number of benzene rings is 2. The van der Waals surface area contributed by atoms with Gasteiger partial charge in [-0.15, -0.1) is 11.8 Å². The highest BCUT2D eigenvalue weighted by Crippen LogP contribution is 2.23. The molecule has 0 saturated heterocycles. The second-order valence-corrected chi connectivity index (χ2v) is 6.91. The topological polar surface area (TPSA) is 52.9 Å². The molecule has 0 saturated carbocycles. The van der Waals surface area contributed by atoms with Gasteiger partial charge in [0.1, 0.15) is 0 Å². The first-order chi connectivity index (χ1) is 10.7. The number of hydrogen-bond acceptors (Lipinski definition) is 4. The van der Waals surface area contributed by atoms with Crippen LogP contribution in [0.1, 0.15) is 0 Å². The summed E-state index contributed by atoms with van der Waals surface area (Å²) in [5.41, 5.74) is 0. The molecule has 0 bridgehead atoms. The Hall–Kier alpha value is -1.61. The molecule has 0 heterocycles. The average molecular weight is 349 g/mol. The lowest BCUT2D eigenvalue weighted by Gasteiger charge is -2.11. The van der Waals surface area contributed by atoms with Crippen molar-refractivity contribution in [3.63, 3.8) is 0 Å². The zero-order valence-corrected chi connectivity index (χ0v) is 13.9. The van der Waals surface area contributed by atoms with Gasteiger partial charge in [0.2, 0.25) is 5.91 Å². The Labute approximate surface area is 143 Å². The lowest BCUT2D eigenvalue weighted by atomic mass is 10.4. The molecular formula is C16H13ClN2OS2. The molecule has 2 aromatic rings. The summed E-state index contributed by atoms with van der Waals surface area (Å²) in [6, 6.07) is 18.9. The van der Waals surface area contributed by atoms with Gasteiger partial charge in [0, 0.05) is 14.8 Å². The van der Waals surface area contributed by atoms with E-state index in [1.54, 1.807) is 12.1 Å². The fourth-order valence-electron chi connectivity index (χ4n) is 1.59. The Morgan fingerprint density at radius 1 is 1.14 bits per heavy atom. The van der Waals surface area contributed by atoms with Gasteiger partial charge in [0.05, 0.1) is 11.8 Å². The highest BCUT2D eigenvalue weighted by molar-refractivity contribution is 8.00. The summed E-state index contributed by atoms with van der Waals surface area (Å²) in [5, 5.41) is 11.9. The second kappa shape index (κ2) is 8.74. The van der Waals surface area contributed by atoms with Crippen LogP contribution in [0.2, 0.25) is 5.02 Å². The summed E-state index contributed by atoms with van der Waals surface area (Å²) in [6.45, 7) is 0. The van der Waals surface area contributed by atoms with Crippen molar-refractivity contribution in [1.29, 1.82) is 5.26 Å². The first-order valence-corrected chi connectivity index (χ1v) is 8.71. The van der Waals surface area contributed by atoms with E-state index in [9.17, 15) is 4.79 Å². The number of rotatable bonds is 6. The quantitative estimate of drug-likeness (QED) is 0.628. The van der Waals surface area contributed by atoms with Crippen LogP contribution in [0, 0.1) is 11.3 Å². The number of nitrogens with zero attached hydrogens (tertiary/aromatic N) is 1. The van der Waals surface area contributed by atoms with Gasteiger partial charge in [-0.2, -0.15) is 5.26 Å². The molecule has 2 aromatic carbocycles. The molecule has 0 aliphatic rings. The zero-order valence-electron chi connectivity index (χ0n) is 11.5. The van der Waals surface area contributed by atoms with Crippen molar-refractivity contribution in [3.05, 3.63) is 59.6 Å². The summed E-state index contributed by atoms with van der Waals surface area (Å²) in [5.74, 6) is 0.116. The maximum absolute atomic E-state index is 11.9. The Balaban J connectivity index is 1.83. The van der Waals surface area contributed by atoms with E-state index in [-0.39, 0.29) is 11.7 Å². The Morgan fingerprint density at radius 2 is 1.82 bits per heavy atom. The predicted octanol–water partition coefficient (Wildman–Crippen LogP) is 4.19. The summed E-state index contributed by atoms with van der Waals surface area (Å²) < 4.78 is 0. The molecule has 0 aliphatic carbocycles. The van der Waals surface area contributed by atoms with Crippen LogP contribution < -0.4 is 5.32 Å². The predicted molar refractivity (Wildman–Crippen MR) is 92.0 cm³/mol. The maximum Gasteiger partial charge on any atom is 0.232 e. The third-order valence-electron chi connectivity index (χ3n) is 2.59. The lowest BCUT2D eigenvalue weighted by Crippen LogP contribution is -2.32. The number of hydrogen-bond donors (Lipinski definition) is 1. The van der Waals surface area contributed by atoms with E-state index < -0.39 is 5.37 Å². The van der Waals surface area contributed by atoms with Crippen LogP contribution in [0.15, 0.2) is 64.4 Å². The molecule has 6 heteroatoms. The van der Waals surface area contributed by atoms with Crippen molar-refractivity contribution in [3.8, 4) is 6.07 Å². The molecule has 0 radical (unpaired) electrons. The molecule has 3 nitrogen and oxygen atoms in total. The molecule has 22 heavy (non-hydrogen) atoms. The minimum absolute atomic E-state index is 0.165. The lowest BCUT2D eigenvalue weighted by molar-refractivity contribution is -0.118. The van der Waals surface area contributed by atoms with Gasteiger partial charge < -0.3 is 5.32 Å². The summed E-state index contributed by atoms with van der Waals surface area (Å²) >= 11 is 8.55. The van der Waals surface area contributed by atoms with E-state index >= 15 is 0 Å². The Bertz CT molecular complexity index is 656. The van der Waals surface area contributed by atoms with Crippen LogP contribution in [-0.4, -0.2) is 17.0 Å². The van der Waals surface area contributed by atoms with Crippen LogP contribution in [0.5, 0.6) is 0 Å². The third kappa shape index (κ3) is 5.64. The van der Waals surface area contributed by atoms with Crippen molar-refractivity contribution in [1.82, 2.24) is 5.32 Å². The largest absolute Gasteiger partial charge is 0.331 e. The van der Waals surface area contributed by atoms with Crippen molar-refractivity contribution in [2.45, 2.75) is 15.2 Å². The summed E-state index contributed by atoms with van der Waals surface area (Å²) in [7, 11) is 0. The third-order valence-corrected chi connectivity index (χ3v) is 4.86. The highest BCUT2D eigenvalue weighted by atomic mass is 35.5. The fraction of sp³-hybridized carbons (Fsp3) is 0.125. The molecule has 0 fully saturated rings. The van der Waals surface area contributed by atoms with Crippen LogP contribution >= 0.6 is 35.1 Å². The van der Waals surface area contributed by atoms with Gasteiger partial charge in [-0.05, 0) is 36.4 Å². The maximum atomic E-state index is 11.9. The number of carbonyl (C=O) groups excluding carboxylic acids is 1. The first-order valence-electron chi connectivity index (χ1n) is 6.46. The van der Waals surface area contributed by atoms with Crippen LogP contribution in [0.25, 0.3) is 0 Å². The molecule has 0 aliphatic heterocycles. The summed E-state index contributed by atoms with van der Waals surface area (Å²) in [6.07, 6.45) is 0. The molecule has 0 aromatic heterocycles. The van der Waals surface area contributed by atoms with Gasteiger partial charge in [-0.1, -0.05) is 41.6 Å². The number of nitriles is 1. The van der Waals surface area contributed by atoms with Gasteiger partial charge >= 0.3 is 0 Å². The van der Waals surface area contributed by atoms with Gasteiger partial charge in [-0.3, -0.25) is 4.79 Å². The number of amides is 1. The smallest absolute Gasteiger partial charge is 0.232 e. The SMILES string of the molecule is N#CC(NC(=O)CSc1ccccc1)Sc1ccc(Cl)cc1. The Kier molecular flexibility index (Phi) is 6.66. The summed E-state index contributed by atoms with van der Waals surface area (Å²) in [4.78, 5) is 13.8. The van der Waals surface area contributed by atoms with E-state index in [1.807, 2.05) is 42.5 Å². The normalized spacial score (nSPS) is 11.5. The van der Waals surface area contributed by atoms with Crippen LogP contribution in [0.3, 0.4) is 0 Å². The van der Waals surface area contributed by atoms with Crippen molar-refractivity contribution < 1.29 is 4.79 Å². The standard InChI is InChI=1S/C16H13ClN2OS2/c17-12-6-8-14(9-7-12)22-16(10-18)19-15(20)11-21-13-4-2-1-3-5-13/h1-9,16H,11H2,(H,19,20). The van der Waals surface area contributed by atoms with Gasteiger partial charge in [-0.25, -0.2) is 0 Å². The second-order valence-electron chi connectivity index (χ2n) is 4.25.